The van der Waals surface area contributed by atoms with E-state index in [1.54, 1.807) is 11.3 Å². The molecule has 0 radical (unpaired) electrons. The molecule has 1 aromatic heterocycles. The zero-order valence-corrected chi connectivity index (χ0v) is 11.4. The van der Waals surface area contributed by atoms with Crippen LogP contribution in [0.4, 0.5) is 0 Å². The van der Waals surface area contributed by atoms with E-state index < -0.39 is 0 Å². The van der Waals surface area contributed by atoms with Crippen molar-refractivity contribution < 1.29 is 4.79 Å². The van der Waals surface area contributed by atoms with Gasteiger partial charge < -0.3 is 11.1 Å². The van der Waals surface area contributed by atoms with Gasteiger partial charge in [0.1, 0.15) is 0 Å². The first-order valence-corrected chi connectivity index (χ1v) is 7.16. The van der Waals surface area contributed by atoms with Crippen LogP contribution < -0.4 is 11.1 Å². The van der Waals surface area contributed by atoms with Gasteiger partial charge in [0.25, 0.3) is 0 Å². The van der Waals surface area contributed by atoms with E-state index in [0.717, 1.165) is 25.7 Å². The number of hydrogen-bond acceptors (Lipinski definition) is 3. The minimum atomic E-state index is -0.371. The number of amides is 1. The number of carbonyl (C=O) groups is 1. The highest BCUT2D eigenvalue weighted by molar-refractivity contribution is 7.10. The highest BCUT2D eigenvalue weighted by Gasteiger charge is 2.18. The number of hydrogen-bond donors (Lipinski definition) is 2. The van der Waals surface area contributed by atoms with Gasteiger partial charge in [-0.25, -0.2) is 0 Å². The number of nitrogens with one attached hydrogen (secondary N) is 1. The second kappa shape index (κ2) is 7.45. The summed E-state index contributed by atoms with van der Waals surface area (Å²) in [5.41, 5.74) is 5.85. The molecule has 3 N–H and O–H groups in total. The minimum absolute atomic E-state index is 0.0290. The zero-order valence-electron chi connectivity index (χ0n) is 10.6. The van der Waals surface area contributed by atoms with Gasteiger partial charge in [-0.3, -0.25) is 4.79 Å². The summed E-state index contributed by atoms with van der Waals surface area (Å²) in [7, 11) is 0. The highest BCUT2D eigenvalue weighted by atomic mass is 32.1. The van der Waals surface area contributed by atoms with E-state index in [2.05, 4.69) is 25.2 Å². The van der Waals surface area contributed by atoms with Crippen LogP contribution in [-0.4, -0.2) is 11.9 Å². The van der Waals surface area contributed by atoms with Crippen LogP contribution in [0.25, 0.3) is 0 Å². The van der Waals surface area contributed by atoms with Crippen LogP contribution in [0.5, 0.6) is 0 Å². The third-order valence-electron chi connectivity index (χ3n) is 2.82. The molecule has 17 heavy (non-hydrogen) atoms. The topological polar surface area (TPSA) is 55.1 Å². The monoisotopic (exact) mass is 254 g/mol. The van der Waals surface area contributed by atoms with E-state index in [-0.39, 0.29) is 18.0 Å². The maximum absolute atomic E-state index is 11.9. The second-order valence-corrected chi connectivity index (χ2v) is 5.21. The third-order valence-corrected chi connectivity index (χ3v) is 3.80. The molecule has 2 unspecified atom stereocenters. The Morgan fingerprint density at radius 3 is 2.82 bits per heavy atom. The summed E-state index contributed by atoms with van der Waals surface area (Å²) < 4.78 is 0. The van der Waals surface area contributed by atoms with Crippen molar-refractivity contribution in [1.29, 1.82) is 0 Å². The van der Waals surface area contributed by atoms with Crippen LogP contribution in [-0.2, 0) is 4.79 Å². The lowest BCUT2D eigenvalue weighted by Crippen LogP contribution is -2.41. The van der Waals surface area contributed by atoms with Crippen molar-refractivity contribution in [3.8, 4) is 0 Å². The Labute approximate surface area is 107 Å². The maximum Gasteiger partial charge on any atom is 0.237 e. The normalized spacial score (nSPS) is 14.3. The zero-order chi connectivity index (χ0) is 12.7. The quantitative estimate of drug-likeness (QED) is 0.786. The van der Waals surface area contributed by atoms with Gasteiger partial charge in [0.05, 0.1) is 12.1 Å². The summed E-state index contributed by atoms with van der Waals surface area (Å²) in [6, 6.07) is 3.79. The molecule has 0 bridgehead atoms. The number of thiophene rings is 1. The van der Waals surface area contributed by atoms with E-state index in [1.165, 1.54) is 4.88 Å². The summed E-state index contributed by atoms with van der Waals surface area (Å²) in [6.45, 7) is 4.17. The van der Waals surface area contributed by atoms with Crippen LogP contribution in [0, 0.1) is 0 Å². The molecule has 1 aromatic rings. The molecule has 0 aliphatic carbocycles. The largest absolute Gasteiger partial charge is 0.347 e. The minimum Gasteiger partial charge on any atom is -0.347 e. The Hall–Kier alpha value is -0.870. The smallest absolute Gasteiger partial charge is 0.237 e. The predicted octanol–water partition coefficient (Wildman–Crippen LogP) is 2.83. The lowest BCUT2D eigenvalue weighted by molar-refractivity contribution is -0.123. The summed E-state index contributed by atoms with van der Waals surface area (Å²) >= 11 is 1.67. The van der Waals surface area contributed by atoms with Gasteiger partial charge in [-0.05, 0) is 24.3 Å². The van der Waals surface area contributed by atoms with E-state index in [9.17, 15) is 4.79 Å². The van der Waals surface area contributed by atoms with Crippen molar-refractivity contribution in [3.63, 3.8) is 0 Å². The molecule has 1 amide bonds. The Bertz CT molecular complexity index is 324. The van der Waals surface area contributed by atoms with E-state index >= 15 is 0 Å². The third kappa shape index (κ3) is 4.48. The number of carbonyl (C=O) groups excluding carboxylic acids is 1. The first-order chi connectivity index (χ1) is 8.19. The van der Waals surface area contributed by atoms with Gasteiger partial charge in [0.15, 0.2) is 0 Å². The number of rotatable bonds is 7. The van der Waals surface area contributed by atoms with E-state index in [4.69, 9.17) is 5.73 Å². The molecule has 1 heterocycles. The molecule has 3 nitrogen and oxygen atoms in total. The van der Waals surface area contributed by atoms with Crippen molar-refractivity contribution in [3.05, 3.63) is 22.4 Å². The molecule has 4 heteroatoms. The fourth-order valence-corrected chi connectivity index (χ4v) is 2.56. The van der Waals surface area contributed by atoms with Gasteiger partial charge in [-0.15, -0.1) is 11.3 Å². The summed E-state index contributed by atoms with van der Waals surface area (Å²) in [5.74, 6) is -0.0290. The van der Waals surface area contributed by atoms with Crippen LogP contribution in [0.2, 0.25) is 0 Å². The average Bonchev–Trinajstić information content (AvgIpc) is 2.86. The molecule has 0 aromatic carbocycles. The number of nitrogens with two attached hydrogens (primary N) is 1. The van der Waals surface area contributed by atoms with Crippen LogP contribution in [0.1, 0.15) is 50.4 Å². The van der Waals surface area contributed by atoms with Gasteiger partial charge in [0.2, 0.25) is 5.91 Å². The van der Waals surface area contributed by atoms with Gasteiger partial charge in [-0.2, -0.15) is 0 Å². The summed E-state index contributed by atoms with van der Waals surface area (Å²) in [4.78, 5) is 13.1. The SMILES string of the molecule is CCCCC(N)C(=O)NC(CC)c1cccs1. The molecule has 0 aliphatic heterocycles. The van der Waals surface area contributed by atoms with Crippen molar-refractivity contribution in [2.24, 2.45) is 5.73 Å². The molecule has 0 aliphatic rings. The van der Waals surface area contributed by atoms with Gasteiger partial charge in [0, 0.05) is 4.88 Å². The Morgan fingerprint density at radius 1 is 1.53 bits per heavy atom. The number of unbranched alkanes of at least 4 members (excludes halogenated alkanes) is 1. The molecule has 0 fully saturated rings. The standard InChI is InChI=1S/C13H22N2OS/c1-3-5-7-10(14)13(16)15-11(4-2)12-8-6-9-17-12/h6,8-11H,3-5,7,14H2,1-2H3,(H,15,16). The van der Waals surface area contributed by atoms with E-state index in [0.29, 0.717) is 0 Å². The summed E-state index contributed by atoms with van der Waals surface area (Å²) in [6.07, 6.45) is 3.74. The average molecular weight is 254 g/mol. The fourth-order valence-electron chi connectivity index (χ4n) is 1.70. The molecule has 96 valence electrons. The molecule has 0 saturated carbocycles. The van der Waals surface area contributed by atoms with Gasteiger partial charge >= 0.3 is 0 Å². The predicted molar refractivity (Wildman–Crippen MR) is 73.0 cm³/mol. The van der Waals surface area contributed by atoms with Crippen molar-refractivity contribution >= 4 is 17.2 Å². The first-order valence-electron chi connectivity index (χ1n) is 6.28. The van der Waals surface area contributed by atoms with Crippen molar-refractivity contribution in [2.75, 3.05) is 0 Å². The molecule has 2 atom stereocenters. The molecular weight excluding hydrogens is 232 g/mol. The lowest BCUT2D eigenvalue weighted by atomic mass is 10.1. The van der Waals surface area contributed by atoms with Crippen LogP contribution in [0.3, 0.4) is 0 Å². The molecule has 0 saturated heterocycles. The Balaban J connectivity index is 2.48. The van der Waals surface area contributed by atoms with E-state index in [1.807, 2.05) is 11.4 Å². The Kier molecular flexibility index (Phi) is 6.22. The van der Waals surface area contributed by atoms with Crippen molar-refractivity contribution in [1.82, 2.24) is 5.32 Å². The summed E-state index contributed by atoms with van der Waals surface area (Å²) in [5, 5.41) is 5.05. The lowest BCUT2D eigenvalue weighted by Gasteiger charge is -2.18. The second-order valence-electron chi connectivity index (χ2n) is 4.23. The van der Waals surface area contributed by atoms with Crippen LogP contribution >= 0.6 is 11.3 Å². The van der Waals surface area contributed by atoms with Crippen molar-refractivity contribution in [2.45, 2.75) is 51.6 Å². The molecular formula is C13H22N2OS. The molecule has 1 rings (SSSR count). The maximum atomic E-state index is 11.9. The fraction of sp³-hybridized carbons (Fsp3) is 0.615. The highest BCUT2D eigenvalue weighted by Crippen LogP contribution is 2.21. The molecule has 0 spiro atoms. The van der Waals surface area contributed by atoms with Gasteiger partial charge in [-0.1, -0.05) is 32.8 Å². The van der Waals surface area contributed by atoms with Crippen LogP contribution in [0.15, 0.2) is 17.5 Å². The Morgan fingerprint density at radius 2 is 2.29 bits per heavy atom. The first kappa shape index (κ1) is 14.2.